The van der Waals surface area contributed by atoms with E-state index >= 15 is 0 Å². The molecule has 0 atom stereocenters. The normalized spacial score (nSPS) is 17.4. The summed E-state index contributed by atoms with van der Waals surface area (Å²) in [6.45, 7) is 3.73. The zero-order valence-corrected chi connectivity index (χ0v) is 9.37. The predicted octanol–water partition coefficient (Wildman–Crippen LogP) is 1.07. The Kier molecular flexibility index (Phi) is 3.38. The smallest absolute Gasteiger partial charge is 0.409 e. The van der Waals surface area contributed by atoms with Crippen LogP contribution in [0, 0.1) is 0 Å². The fraction of sp³-hybridized carbons (Fsp3) is 0.700. The van der Waals surface area contributed by atoms with E-state index in [-0.39, 0.29) is 6.09 Å². The third-order valence-electron chi connectivity index (χ3n) is 2.85. The number of piperidine rings is 1. The summed E-state index contributed by atoms with van der Waals surface area (Å²) >= 11 is 0. The highest BCUT2D eigenvalue weighted by Crippen LogP contribution is 2.21. The second-order valence-electron chi connectivity index (χ2n) is 3.83. The fourth-order valence-electron chi connectivity index (χ4n) is 1.96. The summed E-state index contributed by atoms with van der Waals surface area (Å²) in [5.41, 5.74) is 0. The Hall–Kier alpha value is -1.59. The van der Waals surface area contributed by atoms with Crippen LogP contribution in [0.3, 0.4) is 0 Å². The molecule has 1 aliphatic heterocycles. The van der Waals surface area contributed by atoms with Gasteiger partial charge in [-0.2, -0.15) is 0 Å². The van der Waals surface area contributed by atoms with Crippen LogP contribution in [-0.4, -0.2) is 45.5 Å². The van der Waals surface area contributed by atoms with E-state index in [0.29, 0.717) is 12.6 Å². The Morgan fingerprint density at radius 1 is 1.38 bits per heavy atom. The van der Waals surface area contributed by atoms with E-state index in [1.165, 1.54) is 0 Å². The lowest BCUT2D eigenvalue weighted by molar-refractivity contribution is 0.0926. The van der Waals surface area contributed by atoms with Gasteiger partial charge >= 0.3 is 6.09 Å². The molecule has 1 amide bonds. The molecule has 1 saturated heterocycles. The van der Waals surface area contributed by atoms with E-state index in [1.54, 1.807) is 17.6 Å². The van der Waals surface area contributed by atoms with Gasteiger partial charge in [0.05, 0.1) is 6.61 Å². The van der Waals surface area contributed by atoms with Crippen LogP contribution in [0.5, 0.6) is 0 Å². The largest absolute Gasteiger partial charge is 0.450 e. The van der Waals surface area contributed by atoms with Crippen molar-refractivity contribution in [2.24, 2.45) is 0 Å². The summed E-state index contributed by atoms with van der Waals surface area (Å²) in [6, 6.07) is 0.403. The van der Waals surface area contributed by atoms with E-state index in [4.69, 9.17) is 4.74 Å². The van der Waals surface area contributed by atoms with Gasteiger partial charge in [-0.3, -0.25) is 0 Å². The standard InChI is InChI=1S/C10H16N4O2/c1-2-16-10(15)13-5-3-9(4-6-13)14-7-11-12-8-14/h7-9H,2-6H2,1H3. The average molecular weight is 224 g/mol. The van der Waals surface area contributed by atoms with Crippen molar-refractivity contribution in [1.82, 2.24) is 19.7 Å². The first kappa shape index (κ1) is 10.9. The zero-order valence-electron chi connectivity index (χ0n) is 9.37. The number of ether oxygens (including phenoxy) is 1. The number of likely N-dealkylation sites (tertiary alicyclic amines) is 1. The number of carbonyl (C=O) groups excluding carboxylic acids is 1. The first-order chi connectivity index (χ1) is 7.81. The molecular weight excluding hydrogens is 208 g/mol. The molecule has 0 aromatic carbocycles. The number of aromatic nitrogens is 3. The summed E-state index contributed by atoms with van der Waals surface area (Å²) in [7, 11) is 0. The summed E-state index contributed by atoms with van der Waals surface area (Å²) in [6.07, 6.45) is 5.10. The minimum atomic E-state index is -0.204. The van der Waals surface area contributed by atoms with Crippen molar-refractivity contribution in [1.29, 1.82) is 0 Å². The molecule has 0 spiro atoms. The van der Waals surface area contributed by atoms with Crippen molar-refractivity contribution in [3.63, 3.8) is 0 Å². The number of nitrogens with zero attached hydrogens (tertiary/aromatic N) is 4. The molecule has 1 fully saturated rings. The van der Waals surface area contributed by atoms with E-state index in [9.17, 15) is 4.79 Å². The Morgan fingerprint density at radius 2 is 2.00 bits per heavy atom. The average Bonchev–Trinajstić information content (AvgIpc) is 2.83. The maximum atomic E-state index is 11.5. The van der Waals surface area contributed by atoms with Crippen molar-refractivity contribution in [2.75, 3.05) is 19.7 Å². The number of hydrogen-bond acceptors (Lipinski definition) is 4. The minimum Gasteiger partial charge on any atom is -0.450 e. The molecular formula is C10H16N4O2. The molecule has 0 aliphatic carbocycles. The van der Waals surface area contributed by atoms with E-state index in [1.807, 2.05) is 11.5 Å². The number of hydrogen-bond donors (Lipinski definition) is 0. The van der Waals surface area contributed by atoms with Gasteiger partial charge in [-0.1, -0.05) is 0 Å². The monoisotopic (exact) mass is 224 g/mol. The van der Waals surface area contributed by atoms with Gasteiger partial charge in [0.1, 0.15) is 12.7 Å². The maximum absolute atomic E-state index is 11.5. The fourth-order valence-corrected chi connectivity index (χ4v) is 1.96. The molecule has 6 heteroatoms. The van der Waals surface area contributed by atoms with Crippen molar-refractivity contribution in [2.45, 2.75) is 25.8 Å². The number of amides is 1. The van der Waals surface area contributed by atoms with Crippen molar-refractivity contribution >= 4 is 6.09 Å². The van der Waals surface area contributed by atoms with Crippen LogP contribution >= 0.6 is 0 Å². The Morgan fingerprint density at radius 3 is 2.56 bits per heavy atom. The molecule has 6 nitrogen and oxygen atoms in total. The molecule has 0 saturated carbocycles. The van der Waals surface area contributed by atoms with Crippen LogP contribution in [0.2, 0.25) is 0 Å². The van der Waals surface area contributed by atoms with Crippen LogP contribution in [0.1, 0.15) is 25.8 Å². The van der Waals surface area contributed by atoms with Gasteiger partial charge in [0.25, 0.3) is 0 Å². The highest BCUT2D eigenvalue weighted by Gasteiger charge is 2.24. The molecule has 0 bridgehead atoms. The minimum absolute atomic E-state index is 0.204. The SMILES string of the molecule is CCOC(=O)N1CCC(n2cnnc2)CC1. The van der Waals surface area contributed by atoms with Crippen LogP contribution in [0.25, 0.3) is 0 Å². The highest BCUT2D eigenvalue weighted by molar-refractivity contribution is 5.67. The van der Waals surface area contributed by atoms with E-state index in [2.05, 4.69) is 10.2 Å². The molecule has 1 aliphatic rings. The summed E-state index contributed by atoms with van der Waals surface area (Å²) in [5.74, 6) is 0. The lowest BCUT2D eigenvalue weighted by atomic mass is 10.1. The maximum Gasteiger partial charge on any atom is 0.409 e. The topological polar surface area (TPSA) is 60.2 Å². The van der Waals surface area contributed by atoms with Crippen LogP contribution in [0.15, 0.2) is 12.7 Å². The van der Waals surface area contributed by atoms with Crippen LogP contribution in [0.4, 0.5) is 4.79 Å². The van der Waals surface area contributed by atoms with Gasteiger partial charge in [-0.15, -0.1) is 10.2 Å². The first-order valence-electron chi connectivity index (χ1n) is 5.57. The lowest BCUT2D eigenvalue weighted by Gasteiger charge is -2.31. The second kappa shape index (κ2) is 4.96. The summed E-state index contributed by atoms with van der Waals surface area (Å²) in [5, 5.41) is 7.58. The third kappa shape index (κ3) is 2.32. The molecule has 0 unspecified atom stereocenters. The predicted molar refractivity (Wildman–Crippen MR) is 56.9 cm³/mol. The Balaban J connectivity index is 1.85. The molecule has 1 aromatic heterocycles. The van der Waals surface area contributed by atoms with E-state index in [0.717, 1.165) is 25.9 Å². The highest BCUT2D eigenvalue weighted by atomic mass is 16.6. The van der Waals surface area contributed by atoms with Crippen molar-refractivity contribution in [3.05, 3.63) is 12.7 Å². The molecule has 0 N–H and O–H groups in total. The Bertz CT molecular complexity index is 331. The quantitative estimate of drug-likeness (QED) is 0.754. The van der Waals surface area contributed by atoms with Gasteiger partial charge in [0.15, 0.2) is 0 Å². The molecule has 88 valence electrons. The van der Waals surface area contributed by atoms with Gasteiger partial charge in [-0.25, -0.2) is 4.79 Å². The van der Waals surface area contributed by atoms with Gasteiger partial charge < -0.3 is 14.2 Å². The molecule has 0 radical (unpaired) electrons. The van der Waals surface area contributed by atoms with Gasteiger partial charge in [0, 0.05) is 19.1 Å². The van der Waals surface area contributed by atoms with E-state index < -0.39 is 0 Å². The van der Waals surface area contributed by atoms with Crippen molar-refractivity contribution < 1.29 is 9.53 Å². The molecule has 2 rings (SSSR count). The number of rotatable bonds is 2. The first-order valence-corrected chi connectivity index (χ1v) is 5.57. The third-order valence-corrected chi connectivity index (χ3v) is 2.85. The molecule has 1 aromatic rings. The van der Waals surface area contributed by atoms with Crippen LogP contribution in [-0.2, 0) is 4.74 Å². The Labute approximate surface area is 94.2 Å². The summed E-state index contributed by atoms with van der Waals surface area (Å²) < 4.78 is 6.97. The lowest BCUT2D eigenvalue weighted by Crippen LogP contribution is -2.39. The summed E-state index contributed by atoms with van der Waals surface area (Å²) in [4.78, 5) is 13.2. The zero-order chi connectivity index (χ0) is 11.4. The van der Waals surface area contributed by atoms with Crippen LogP contribution < -0.4 is 0 Å². The second-order valence-corrected chi connectivity index (χ2v) is 3.83. The van der Waals surface area contributed by atoms with Gasteiger partial charge in [0.2, 0.25) is 0 Å². The molecule has 2 heterocycles. The van der Waals surface area contributed by atoms with Crippen molar-refractivity contribution in [3.8, 4) is 0 Å². The van der Waals surface area contributed by atoms with Gasteiger partial charge in [-0.05, 0) is 19.8 Å². The molecule has 16 heavy (non-hydrogen) atoms. The number of carbonyl (C=O) groups is 1.